The van der Waals surface area contributed by atoms with Crippen molar-refractivity contribution in [3.63, 3.8) is 0 Å². The van der Waals surface area contributed by atoms with Crippen LogP contribution < -0.4 is 0 Å². The van der Waals surface area contributed by atoms with Gasteiger partial charge >= 0.3 is 0 Å². The molecule has 0 aromatic heterocycles. The fraction of sp³-hybridized carbons (Fsp3) is 0.316. The number of hydrogen-bond donors (Lipinski definition) is 0. The van der Waals surface area contributed by atoms with E-state index in [1.807, 2.05) is 12.3 Å². The van der Waals surface area contributed by atoms with E-state index in [0.717, 1.165) is 31.4 Å². The van der Waals surface area contributed by atoms with Gasteiger partial charge in [0.2, 0.25) is 0 Å². The summed E-state index contributed by atoms with van der Waals surface area (Å²) in [5.74, 6) is 0.498. The number of rotatable bonds is 5. The van der Waals surface area contributed by atoms with Crippen molar-refractivity contribution in [1.82, 2.24) is 0 Å². The summed E-state index contributed by atoms with van der Waals surface area (Å²) in [6.45, 7) is 5.99. The minimum atomic E-state index is 0.498. The molecule has 1 atom stereocenters. The molecule has 1 unspecified atom stereocenters. The van der Waals surface area contributed by atoms with Crippen molar-refractivity contribution in [3.8, 4) is 0 Å². The largest absolute Gasteiger partial charge is 0.266 e. The molecule has 0 N–H and O–H groups in total. The quantitative estimate of drug-likeness (QED) is 0.655. The topological polar surface area (TPSA) is 12.4 Å². The lowest BCUT2D eigenvalue weighted by Crippen LogP contribution is -2.07. The van der Waals surface area contributed by atoms with Gasteiger partial charge in [-0.3, -0.25) is 4.99 Å². The molecule has 1 aliphatic heterocycles. The zero-order valence-corrected chi connectivity index (χ0v) is 12.3. The summed E-state index contributed by atoms with van der Waals surface area (Å²) < 4.78 is 0. The Morgan fingerprint density at radius 3 is 2.80 bits per heavy atom. The molecule has 0 radical (unpaired) electrons. The summed E-state index contributed by atoms with van der Waals surface area (Å²) in [6, 6.07) is 10.7. The summed E-state index contributed by atoms with van der Waals surface area (Å²) in [6.07, 6.45) is 12.8. The molecular formula is C19H23N. The van der Waals surface area contributed by atoms with E-state index in [-0.39, 0.29) is 0 Å². The van der Waals surface area contributed by atoms with E-state index in [1.54, 1.807) is 0 Å². The molecule has 20 heavy (non-hydrogen) atoms. The molecule has 1 heterocycles. The molecule has 1 heteroatoms. The third-order valence-corrected chi connectivity index (χ3v) is 3.59. The fourth-order valence-corrected chi connectivity index (χ4v) is 2.59. The van der Waals surface area contributed by atoms with E-state index in [4.69, 9.17) is 0 Å². The van der Waals surface area contributed by atoms with E-state index in [0.29, 0.717) is 5.92 Å². The summed E-state index contributed by atoms with van der Waals surface area (Å²) in [4.78, 5) is 4.45. The number of aliphatic imine (C=N–C) groups is 1. The number of benzene rings is 1. The lowest BCUT2D eigenvalue weighted by molar-refractivity contribution is 0.629. The van der Waals surface area contributed by atoms with Gasteiger partial charge in [0.15, 0.2) is 0 Å². The van der Waals surface area contributed by atoms with Crippen LogP contribution >= 0.6 is 0 Å². The van der Waals surface area contributed by atoms with Crippen LogP contribution in [0.3, 0.4) is 0 Å². The number of allylic oxidation sites excluding steroid dienone is 5. The summed E-state index contributed by atoms with van der Waals surface area (Å²) >= 11 is 0. The third-order valence-electron chi connectivity index (χ3n) is 3.59. The van der Waals surface area contributed by atoms with Crippen LogP contribution in [0.25, 0.3) is 0 Å². The second-order valence-corrected chi connectivity index (χ2v) is 5.29. The normalized spacial score (nSPS) is 16.6. The second-order valence-electron chi connectivity index (χ2n) is 5.29. The van der Waals surface area contributed by atoms with E-state index in [1.165, 1.54) is 11.1 Å². The van der Waals surface area contributed by atoms with Crippen molar-refractivity contribution < 1.29 is 0 Å². The van der Waals surface area contributed by atoms with Crippen LogP contribution in [0, 0.1) is 5.92 Å². The van der Waals surface area contributed by atoms with Crippen LogP contribution in [0.2, 0.25) is 0 Å². The van der Waals surface area contributed by atoms with Gasteiger partial charge in [-0.25, -0.2) is 0 Å². The monoisotopic (exact) mass is 265 g/mol. The molecule has 1 aromatic rings. The van der Waals surface area contributed by atoms with Gasteiger partial charge in [0.05, 0.1) is 0 Å². The van der Waals surface area contributed by atoms with Gasteiger partial charge in [-0.2, -0.15) is 0 Å². The van der Waals surface area contributed by atoms with Crippen molar-refractivity contribution in [2.75, 3.05) is 0 Å². The SMILES string of the molecule is C=CCC(Cc1ccccc1)C1=CCCC=NC(C)=C1. The molecule has 1 nitrogen and oxygen atoms in total. The first-order valence-corrected chi connectivity index (χ1v) is 7.35. The Morgan fingerprint density at radius 2 is 2.05 bits per heavy atom. The molecule has 2 rings (SSSR count). The van der Waals surface area contributed by atoms with Crippen LogP contribution in [-0.2, 0) is 6.42 Å². The van der Waals surface area contributed by atoms with Crippen molar-refractivity contribution in [2.45, 2.75) is 32.6 Å². The first-order valence-electron chi connectivity index (χ1n) is 7.35. The predicted molar refractivity (Wildman–Crippen MR) is 88.0 cm³/mol. The highest BCUT2D eigenvalue weighted by atomic mass is 14.7. The van der Waals surface area contributed by atoms with Gasteiger partial charge in [-0.1, -0.05) is 42.5 Å². The van der Waals surface area contributed by atoms with E-state index in [2.05, 4.69) is 61.0 Å². The Morgan fingerprint density at radius 1 is 1.25 bits per heavy atom. The molecule has 1 aliphatic rings. The van der Waals surface area contributed by atoms with Crippen molar-refractivity contribution in [2.24, 2.45) is 10.9 Å². The summed E-state index contributed by atoms with van der Waals surface area (Å²) in [7, 11) is 0. The minimum Gasteiger partial charge on any atom is -0.266 e. The van der Waals surface area contributed by atoms with Crippen molar-refractivity contribution >= 4 is 6.21 Å². The van der Waals surface area contributed by atoms with Gasteiger partial charge in [-0.15, -0.1) is 6.58 Å². The van der Waals surface area contributed by atoms with Crippen LogP contribution in [-0.4, -0.2) is 6.21 Å². The molecule has 0 fully saturated rings. The summed E-state index contributed by atoms with van der Waals surface area (Å²) in [5.41, 5.74) is 3.89. The molecule has 0 saturated heterocycles. The molecule has 0 bridgehead atoms. The molecule has 0 amide bonds. The lowest BCUT2D eigenvalue weighted by atomic mass is 9.87. The molecule has 0 saturated carbocycles. The average molecular weight is 265 g/mol. The Kier molecular flexibility index (Phi) is 5.55. The summed E-state index contributed by atoms with van der Waals surface area (Å²) in [5, 5.41) is 0. The van der Waals surface area contributed by atoms with Gasteiger partial charge in [0.25, 0.3) is 0 Å². The zero-order chi connectivity index (χ0) is 14.2. The second kappa shape index (κ2) is 7.64. The van der Waals surface area contributed by atoms with Gasteiger partial charge < -0.3 is 0 Å². The van der Waals surface area contributed by atoms with Crippen molar-refractivity contribution in [3.05, 3.63) is 72.0 Å². The Labute approximate surface area is 122 Å². The van der Waals surface area contributed by atoms with Gasteiger partial charge in [0, 0.05) is 11.9 Å². The van der Waals surface area contributed by atoms with Gasteiger partial charge in [-0.05, 0) is 55.7 Å². The maximum atomic E-state index is 4.45. The average Bonchev–Trinajstić information content (AvgIpc) is 2.43. The Balaban J connectivity index is 2.21. The predicted octanol–water partition coefficient (Wildman–Crippen LogP) is 5.12. The fourth-order valence-electron chi connectivity index (χ4n) is 2.59. The first kappa shape index (κ1) is 14.5. The highest BCUT2D eigenvalue weighted by Crippen LogP contribution is 2.25. The third kappa shape index (κ3) is 4.34. The lowest BCUT2D eigenvalue weighted by Gasteiger charge is -2.18. The van der Waals surface area contributed by atoms with Crippen LogP contribution in [0.1, 0.15) is 31.7 Å². The van der Waals surface area contributed by atoms with E-state index in [9.17, 15) is 0 Å². The van der Waals surface area contributed by atoms with Gasteiger partial charge in [0.1, 0.15) is 0 Å². The highest BCUT2D eigenvalue weighted by molar-refractivity contribution is 5.60. The first-order chi connectivity index (χ1) is 9.79. The Hall–Kier alpha value is -1.89. The standard InChI is InChI=1S/C19H23N/c1-3-9-18(15-17-10-5-4-6-11-17)19-12-7-8-13-20-16(2)14-19/h3-6,10-14,18H,1,7-9,15H2,2H3. The van der Waals surface area contributed by atoms with Crippen LogP contribution in [0.15, 0.2) is 71.4 Å². The molecule has 0 aliphatic carbocycles. The number of nitrogens with zero attached hydrogens (tertiary/aromatic N) is 1. The van der Waals surface area contributed by atoms with Crippen LogP contribution in [0.4, 0.5) is 0 Å². The highest BCUT2D eigenvalue weighted by Gasteiger charge is 2.13. The number of hydrogen-bond acceptors (Lipinski definition) is 1. The zero-order valence-electron chi connectivity index (χ0n) is 12.3. The van der Waals surface area contributed by atoms with E-state index >= 15 is 0 Å². The smallest absolute Gasteiger partial charge is 0.0371 e. The molecule has 104 valence electrons. The van der Waals surface area contributed by atoms with Crippen LogP contribution in [0.5, 0.6) is 0 Å². The van der Waals surface area contributed by atoms with E-state index < -0.39 is 0 Å². The molecule has 1 aromatic carbocycles. The molecular weight excluding hydrogens is 242 g/mol. The van der Waals surface area contributed by atoms with Crippen molar-refractivity contribution in [1.29, 1.82) is 0 Å². The Bertz CT molecular complexity index is 520. The maximum Gasteiger partial charge on any atom is 0.0371 e. The maximum absolute atomic E-state index is 4.45. The molecule has 0 spiro atoms. The minimum absolute atomic E-state index is 0.498.